The number of halogens is 1. The van der Waals surface area contributed by atoms with Crippen molar-refractivity contribution in [3.8, 4) is 0 Å². The van der Waals surface area contributed by atoms with Crippen molar-refractivity contribution in [2.24, 2.45) is 0 Å². The van der Waals surface area contributed by atoms with E-state index in [1.165, 1.54) is 5.57 Å². The molecule has 70 valence electrons. The van der Waals surface area contributed by atoms with E-state index in [1.807, 2.05) is 0 Å². The lowest BCUT2D eigenvalue weighted by Crippen LogP contribution is -2.09. The van der Waals surface area contributed by atoms with Gasteiger partial charge in [0.05, 0.1) is 11.7 Å². The SMILES string of the molecule is CC(C)=CCC[C@]1(C)O[C@H]1CBr. The summed E-state index contributed by atoms with van der Waals surface area (Å²) < 4.78 is 5.56. The summed E-state index contributed by atoms with van der Waals surface area (Å²) in [5.41, 5.74) is 1.56. The van der Waals surface area contributed by atoms with Crippen LogP contribution in [0.25, 0.3) is 0 Å². The molecule has 0 aliphatic carbocycles. The number of hydrogen-bond donors (Lipinski definition) is 0. The van der Waals surface area contributed by atoms with Gasteiger partial charge in [-0.25, -0.2) is 0 Å². The monoisotopic (exact) mass is 232 g/mol. The minimum Gasteiger partial charge on any atom is -0.365 e. The Hall–Kier alpha value is 0.180. The molecule has 1 rings (SSSR count). The first-order valence-corrected chi connectivity index (χ1v) is 5.58. The molecule has 0 aromatic rings. The van der Waals surface area contributed by atoms with Crippen LogP contribution in [0.1, 0.15) is 33.6 Å². The summed E-state index contributed by atoms with van der Waals surface area (Å²) in [5, 5.41) is 0.971. The molecule has 0 saturated carbocycles. The Morgan fingerprint density at radius 1 is 1.58 bits per heavy atom. The molecule has 2 atom stereocenters. The van der Waals surface area contributed by atoms with Crippen LogP contribution >= 0.6 is 15.9 Å². The summed E-state index contributed by atoms with van der Waals surface area (Å²) >= 11 is 3.43. The van der Waals surface area contributed by atoms with E-state index in [9.17, 15) is 0 Å². The van der Waals surface area contributed by atoms with Crippen LogP contribution in [-0.4, -0.2) is 17.0 Å². The zero-order valence-electron chi connectivity index (χ0n) is 8.06. The van der Waals surface area contributed by atoms with Gasteiger partial charge in [0.15, 0.2) is 0 Å². The third-order valence-electron chi connectivity index (χ3n) is 2.37. The maximum Gasteiger partial charge on any atom is 0.0967 e. The largest absolute Gasteiger partial charge is 0.365 e. The van der Waals surface area contributed by atoms with E-state index in [-0.39, 0.29) is 5.60 Å². The molecule has 0 unspecified atom stereocenters. The number of hydrogen-bond acceptors (Lipinski definition) is 1. The highest BCUT2D eigenvalue weighted by atomic mass is 79.9. The van der Waals surface area contributed by atoms with Crippen LogP contribution in [0.2, 0.25) is 0 Å². The quantitative estimate of drug-likeness (QED) is 0.412. The summed E-state index contributed by atoms with van der Waals surface area (Å²) in [6.45, 7) is 6.47. The Balaban J connectivity index is 2.21. The fourth-order valence-corrected chi connectivity index (χ4v) is 2.17. The Morgan fingerprint density at radius 2 is 2.25 bits per heavy atom. The predicted molar refractivity (Wildman–Crippen MR) is 55.7 cm³/mol. The number of ether oxygens (including phenoxy) is 1. The van der Waals surface area contributed by atoms with Gasteiger partial charge in [-0.05, 0) is 33.6 Å². The van der Waals surface area contributed by atoms with Gasteiger partial charge < -0.3 is 4.74 Å². The molecule has 12 heavy (non-hydrogen) atoms. The highest BCUT2D eigenvalue weighted by Gasteiger charge is 2.50. The molecule has 1 aliphatic heterocycles. The van der Waals surface area contributed by atoms with Crippen molar-refractivity contribution in [1.82, 2.24) is 0 Å². The Kier molecular flexibility index (Phi) is 3.36. The smallest absolute Gasteiger partial charge is 0.0967 e. The first kappa shape index (κ1) is 10.3. The molecule has 1 aliphatic rings. The van der Waals surface area contributed by atoms with Crippen molar-refractivity contribution in [3.63, 3.8) is 0 Å². The maximum absolute atomic E-state index is 5.56. The van der Waals surface area contributed by atoms with Crippen LogP contribution in [0, 0.1) is 0 Å². The summed E-state index contributed by atoms with van der Waals surface area (Å²) in [6.07, 6.45) is 5.01. The van der Waals surface area contributed by atoms with Gasteiger partial charge in [-0.15, -0.1) is 0 Å². The summed E-state index contributed by atoms with van der Waals surface area (Å²) in [4.78, 5) is 0. The predicted octanol–water partition coefficient (Wildman–Crippen LogP) is 3.29. The van der Waals surface area contributed by atoms with Gasteiger partial charge in [0, 0.05) is 5.33 Å². The third kappa shape index (κ3) is 2.60. The van der Waals surface area contributed by atoms with Gasteiger partial charge in [0.2, 0.25) is 0 Å². The molecular formula is C10H17BrO. The molecule has 1 saturated heterocycles. The first-order chi connectivity index (χ1) is 5.58. The van der Waals surface area contributed by atoms with Crippen molar-refractivity contribution in [2.75, 3.05) is 5.33 Å². The summed E-state index contributed by atoms with van der Waals surface area (Å²) in [7, 11) is 0. The van der Waals surface area contributed by atoms with E-state index < -0.39 is 0 Å². The zero-order valence-corrected chi connectivity index (χ0v) is 9.65. The fraction of sp³-hybridized carbons (Fsp3) is 0.800. The molecule has 1 nitrogen and oxygen atoms in total. The normalized spacial score (nSPS) is 33.2. The lowest BCUT2D eigenvalue weighted by Gasteiger charge is -2.02. The van der Waals surface area contributed by atoms with Crippen molar-refractivity contribution in [1.29, 1.82) is 0 Å². The molecule has 0 aromatic carbocycles. The molecule has 1 heterocycles. The minimum absolute atomic E-state index is 0.162. The van der Waals surface area contributed by atoms with Crippen LogP contribution in [0.5, 0.6) is 0 Å². The van der Waals surface area contributed by atoms with E-state index in [1.54, 1.807) is 0 Å². The Bertz CT molecular complexity index is 184. The van der Waals surface area contributed by atoms with Crippen LogP contribution in [0.15, 0.2) is 11.6 Å². The number of rotatable bonds is 4. The average Bonchev–Trinajstić information content (AvgIpc) is 2.61. The van der Waals surface area contributed by atoms with Crippen molar-refractivity contribution in [2.45, 2.75) is 45.3 Å². The standard InChI is InChI=1S/C10H17BrO/c1-8(2)5-4-6-10(3)9(7-11)12-10/h5,9H,4,6-7H2,1-3H3/t9-,10-/m0/s1. The maximum atomic E-state index is 5.56. The third-order valence-corrected chi connectivity index (χ3v) is 2.96. The molecular weight excluding hydrogens is 216 g/mol. The van der Waals surface area contributed by atoms with Gasteiger partial charge in [-0.3, -0.25) is 0 Å². The van der Waals surface area contributed by atoms with Crippen molar-refractivity contribution >= 4 is 15.9 Å². The molecule has 0 spiro atoms. The molecule has 1 fully saturated rings. The van der Waals surface area contributed by atoms with Gasteiger partial charge in [-0.2, -0.15) is 0 Å². The number of alkyl halides is 1. The van der Waals surface area contributed by atoms with Crippen molar-refractivity contribution in [3.05, 3.63) is 11.6 Å². The summed E-state index contributed by atoms with van der Waals surface area (Å²) in [5.74, 6) is 0. The highest BCUT2D eigenvalue weighted by Crippen LogP contribution is 2.41. The first-order valence-electron chi connectivity index (χ1n) is 4.45. The topological polar surface area (TPSA) is 12.5 Å². The number of epoxide rings is 1. The molecule has 0 bridgehead atoms. The van der Waals surface area contributed by atoms with Crippen LogP contribution in [0.4, 0.5) is 0 Å². The second-order valence-corrected chi connectivity index (χ2v) is 4.54. The van der Waals surface area contributed by atoms with Crippen LogP contribution in [-0.2, 0) is 4.74 Å². The molecule has 0 aromatic heterocycles. The summed E-state index contributed by atoms with van der Waals surface area (Å²) in [6, 6.07) is 0. The second kappa shape index (κ2) is 3.93. The van der Waals surface area contributed by atoms with E-state index in [0.29, 0.717) is 6.10 Å². The van der Waals surface area contributed by atoms with E-state index in [2.05, 4.69) is 42.8 Å². The Morgan fingerprint density at radius 3 is 2.67 bits per heavy atom. The highest BCUT2D eigenvalue weighted by molar-refractivity contribution is 9.09. The van der Waals surface area contributed by atoms with Gasteiger partial charge in [-0.1, -0.05) is 27.6 Å². The fourth-order valence-electron chi connectivity index (χ4n) is 1.35. The lowest BCUT2D eigenvalue weighted by molar-refractivity contribution is 0.301. The van der Waals surface area contributed by atoms with E-state index >= 15 is 0 Å². The van der Waals surface area contributed by atoms with E-state index in [0.717, 1.165) is 18.2 Å². The number of allylic oxidation sites excluding steroid dienone is 2. The average molecular weight is 233 g/mol. The molecule has 0 radical (unpaired) electrons. The van der Waals surface area contributed by atoms with Gasteiger partial charge >= 0.3 is 0 Å². The zero-order chi connectivity index (χ0) is 9.19. The van der Waals surface area contributed by atoms with Crippen LogP contribution < -0.4 is 0 Å². The Labute approximate surface area is 83.3 Å². The molecule has 0 amide bonds. The van der Waals surface area contributed by atoms with Crippen LogP contribution in [0.3, 0.4) is 0 Å². The van der Waals surface area contributed by atoms with Gasteiger partial charge in [0.25, 0.3) is 0 Å². The second-order valence-electron chi connectivity index (χ2n) is 3.89. The van der Waals surface area contributed by atoms with Crippen molar-refractivity contribution < 1.29 is 4.74 Å². The molecule has 2 heteroatoms. The minimum atomic E-state index is 0.162. The lowest BCUT2D eigenvalue weighted by atomic mass is 10.0. The van der Waals surface area contributed by atoms with Gasteiger partial charge in [0.1, 0.15) is 0 Å². The van der Waals surface area contributed by atoms with E-state index in [4.69, 9.17) is 4.74 Å². The molecule has 0 N–H and O–H groups in total.